The largest absolute Gasteiger partial charge is 0.354 e. The SMILES string of the molecule is O=C(Nc1ccccc1)N1CCC(CNc2nccc(-c3cn4c5c(cccc35)CCC4)n2)CC1. The quantitative estimate of drug-likeness (QED) is 0.413. The van der Waals surface area contributed by atoms with Crippen molar-refractivity contribution >= 4 is 28.6 Å². The van der Waals surface area contributed by atoms with Gasteiger partial charge in [-0.3, -0.25) is 0 Å². The molecule has 35 heavy (non-hydrogen) atoms. The third-order valence-electron chi connectivity index (χ3n) is 7.23. The summed E-state index contributed by atoms with van der Waals surface area (Å²) in [6.45, 7) is 3.39. The van der Waals surface area contributed by atoms with Crippen LogP contribution < -0.4 is 10.6 Å². The molecule has 0 aliphatic carbocycles. The number of nitrogens with one attached hydrogen (secondary N) is 2. The third-order valence-corrected chi connectivity index (χ3v) is 7.23. The van der Waals surface area contributed by atoms with Crippen molar-refractivity contribution in [2.75, 3.05) is 30.3 Å². The molecule has 6 rings (SSSR count). The van der Waals surface area contributed by atoms with Crippen molar-refractivity contribution in [1.29, 1.82) is 0 Å². The van der Waals surface area contributed by atoms with E-state index in [4.69, 9.17) is 4.98 Å². The predicted octanol–water partition coefficient (Wildman–Crippen LogP) is 5.40. The number of urea groups is 1. The fourth-order valence-electron chi connectivity index (χ4n) is 5.35. The molecule has 0 atom stereocenters. The second-order valence-electron chi connectivity index (χ2n) is 9.53. The summed E-state index contributed by atoms with van der Waals surface area (Å²) in [5.41, 5.74) is 5.74. The van der Waals surface area contributed by atoms with Gasteiger partial charge in [-0.25, -0.2) is 14.8 Å². The van der Waals surface area contributed by atoms with E-state index in [1.54, 1.807) is 0 Å². The molecule has 0 saturated carbocycles. The van der Waals surface area contributed by atoms with E-state index < -0.39 is 0 Å². The lowest BCUT2D eigenvalue weighted by Crippen LogP contribution is -2.42. The topological polar surface area (TPSA) is 75.1 Å². The van der Waals surface area contributed by atoms with E-state index in [0.717, 1.165) is 56.8 Å². The monoisotopic (exact) mass is 466 g/mol. The van der Waals surface area contributed by atoms with Crippen LogP contribution in [0.5, 0.6) is 0 Å². The van der Waals surface area contributed by atoms with Gasteiger partial charge in [0.1, 0.15) is 0 Å². The summed E-state index contributed by atoms with van der Waals surface area (Å²) in [7, 11) is 0. The number of likely N-dealkylation sites (tertiary alicyclic amines) is 1. The number of piperidine rings is 1. The smallest absolute Gasteiger partial charge is 0.321 e. The summed E-state index contributed by atoms with van der Waals surface area (Å²) in [5.74, 6) is 1.15. The maximum absolute atomic E-state index is 12.5. The van der Waals surface area contributed by atoms with Crippen LogP contribution in [0.2, 0.25) is 0 Å². The first-order valence-corrected chi connectivity index (χ1v) is 12.5. The Labute approximate surface area is 205 Å². The van der Waals surface area contributed by atoms with Crippen LogP contribution in [0.3, 0.4) is 0 Å². The number of nitrogens with zero attached hydrogens (tertiary/aromatic N) is 4. The van der Waals surface area contributed by atoms with Gasteiger partial charge in [0, 0.05) is 55.2 Å². The Morgan fingerprint density at radius 1 is 1.00 bits per heavy atom. The van der Waals surface area contributed by atoms with Crippen molar-refractivity contribution < 1.29 is 4.79 Å². The number of hydrogen-bond acceptors (Lipinski definition) is 4. The van der Waals surface area contributed by atoms with Crippen LogP contribution in [0.4, 0.5) is 16.4 Å². The number of rotatable bonds is 5. The lowest BCUT2D eigenvalue weighted by molar-refractivity contribution is 0.185. The predicted molar refractivity (Wildman–Crippen MR) is 140 cm³/mol. The molecule has 2 aliphatic rings. The number of aryl methyl sites for hydroxylation is 2. The number of para-hydroxylation sites is 2. The number of amides is 2. The van der Waals surface area contributed by atoms with Gasteiger partial charge < -0.3 is 20.1 Å². The Morgan fingerprint density at radius 2 is 1.86 bits per heavy atom. The first kappa shape index (κ1) is 21.6. The zero-order chi connectivity index (χ0) is 23.6. The number of hydrogen-bond donors (Lipinski definition) is 2. The van der Waals surface area contributed by atoms with E-state index in [9.17, 15) is 4.79 Å². The second kappa shape index (κ2) is 9.41. The van der Waals surface area contributed by atoms with E-state index in [0.29, 0.717) is 11.9 Å². The summed E-state index contributed by atoms with van der Waals surface area (Å²) in [4.78, 5) is 23.8. The van der Waals surface area contributed by atoms with Crippen molar-refractivity contribution in [3.8, 4) is 11.3 Å². The lowest BCUT2D eigenvalue weighted by atomic mass is 9.97. The molecule has 0 spiro atoms. The molecule has 2 aromatic carbocycles. The maximum Gasteiger partial charge on any atom is 0.321 e. The van der Waals surface area contributed by atoms with Crippen molar-refractivity contribution in [2.24, 2.45) is 5.92 Å². The minimum absolute atomic E-state index is 0.0232. The van der Waals surface area contributed by atoms with Crippen LogP contribution in [-0.4, -0.2) is 45.1 Å². The molecule has 0 radical (unpaired) electrons. The van der Waals surface area contributed by atoms with Gasteiger partial charge in [0.15, 0.2) is 0 Å². The van der Waals surface area contributed by atoms with Crippen LogP contribution in [0.15, 0.2) is 67.0 Å². The Hall–Kier alpha value is -3.87. The fourth-order valence-corrected chi connectivity index (χ4v) is 5.35. The lowest BCUT2D eigenvalue weighted by Gasteiger charge is -2.32. The van der Waals surface area contributed by atoms with Crippen LogP contribution in [0, 0.1) is 5.92 Å². The number of carbonyl (C=O) groups is 1. The molecule has 7 nitrogen and oxygen atoms in total. The van der Waals surface area contributed by atoms with Gasteiger partial charge in [0.25, 0.3) is 0 Å². The number of anilines is 2. The minimum atomic E-state index is -0.0232. The van der Waals surface area contributed by atoms with Crippen LogP contribution in [-0.2, 0) is 13.0 Å². The van der Waals surface area contributed by atoms with Crippen molar-refractivity contribution in [1.82, 2.24) is 19.4 Å². The van der Waals surface area contributed by atoms with Crippen molar-refractivity contribution in [3.63, 3.8) is 0 Å². The molecule has 2 N–H and O–H groups in total. The zero-order valence-corrected chi connectivity index (χ0v) is 19.8. The Morgan fingerprint density at radius 3 is 2.71 bits per heavy atom. The van der Waals surface area contributed by atoms with Gasteiger partial charge in [-0.2, -0.15) is 0 Å². The molecule has 4 aromatic rings. The highest BCUT2D eigenvalue weighted by atomic mass is 16.2. The Balaban J connectivity index is 1.08. The van der Waals surface area contributed by atoms with Crippen molar-refractivity contribution in [3.05, 3.63) is 72.6 Å². The number of aromatic nitrogens is 3. The summed E-state index contributed by atoms with van der Waals surface area (Å²) < 4.78 is 2.38. The van der Waals surface area contributed by atoms with Crippen LogP contribution in [0.25, 0.3) is 22.2 Å². The van der Waals surface area contributed by atoms with Gasteiger partial charge in [-0.05, 0) is 55.4 Å². The maximum atomic E-state index is 12.5. The van der Waals surface area contributed by atoms with E-state index in [1.165, 1.54) is 28.5 Å². The zero-order valence-electron chi connectivity index (χ0n) is 19.8. The van der Waals surface area contributed by atoms with Crippen LogP contribution in [0.1, 0.15) is 24.8 Å². The molecule has 0 unspecified atom stereocenters. The molecule has 4 heterocycles. The highest BCUT2D eigenvalue weighted by Crippen LogP contribution is 2.34. The molecule has 178 valence electrons. The van der Waals surface area contributed by atoms with Gasteiger partial charge in [-0.15, -0.1) is 0 Å². The van der Waals surface area contributed by atoms with E-state index in [-0.39, 0.29) is 6.03 Å². The molecular weight excluding hydrogens is 436 g/mol. The summed E-state index contributed by atoms with van der Waals surface area (Å²) in [6, 6.07) is 18.2. The standard InChI is InChI=1S/C28H30N6O/c35-28(31-22-8-2-1-3-9-22)33-16-12-20(13-17-33)18-30-27-29-14-11-25(32-27)24-19-34-15-5-7-21-6-4-10-23(24)26(21)34/h1-4,6,8-11,14,19-20H,5,7,12-13,15-18H2,(H,31,35)(H,29,30,32). The number of benzene rings is 2. The molecule has 2 aromatic heterocycles. The average molecular weight is 467 g/mol. The van der Waals surface area contributed by atoms with E-state index in [1.807, 2.05) is 47.5 Å². The fraction of sp³-hybridized carbons (Fsp3) is 0.321. The number of carbonyl (C=O) groups excluding carboxylic acids is 1. The average Bonchev–Trinajstić information content (AvgIpc) is 3.29. The summed E-state index contributed by atoms with van der Waals surface area (Å²) in [6.07, 6.45) is 8.34. The Kier molecular flexibility index (Phi) is 5.82. The Bertz CT molecular complexity index is 1340. The molecule has 7 heteroatoms. The van der Waals surface area contributed by atoms with Gasteiger partial charge in [0.05, 0.1) is 11.2 Å². The molecule has 2 amide bonds. The minimum Gasteiger partial charge on any atom is -0.354 e. The third kappa shape index (κ3) is 4.46. The summed E-state index contributed by atoms with van der Waals surface area (Å²) in [5, 5.41) is 7.71. The normalized spacial score (nSPS) is 15.8. The molecule has 1 saturated heterocycles. The molecule has 1 fully saturated rings. The first-order valence-electron chi connectivity index (χ1n) is 12.5. The van der Waals surface area contributed by atoms with Gasteiger partial charge in [-0.1, -0.05) is 36.4 Å². The van der Waals surface area contributed by atoms with E-state index in [2.05, 4.69) is 44.6 Å². The highest BCUT2D eigenvalue weighted by Gasteiger charge is 2.23. The molecular formula is C28H30N6O. The van der Waals surface area contributed by atoms with Gasteiger partial charge >= 0.3 is 6.03 Å². The first-order chi connectivity index (χ1) is 17.2. The highest BCUT2D eigenvalue weighted by molar-refractivity contribution is 5.97. The molecule has 2 aliphatic heterocycles. The van der Waals surface area contributed by atoms with Crippen molar-refractivity contribution in [2.45, 2.75) is 32.2 Å². The van der Waals surface area contributed by atoms with Crippen LogP contribution >= 0.6 is 0 Å². The summed E-state index contributed by atoms with van der Waals surface area (Å²) >= 11 is 0. The van der Waals surface area contributed by atoms with Gasteiger partial charge in [0.2, 0.25) is 5.95 Å². The van der Waals surface area contributed by atoms with E-state index >= 15 is 0 Å². The molecule has 0 bridgehead atoms. The second-order valence-corrected chi connectivity index (χ2v) is 9.53.